The molecule has 392 valence electrons. The van der Waals surface area contributed by atoms with Crippen LogP contribution in [-0.4, -0.2) is 68.5 Å². The van der Waals surface area contributed by atoms with Gasteiger partial charge in [0.1, 0.15) is 13.2 Å². The fraction of sp³-hybridized carbons (Fsp3) is 0.912. The van der Waals surface area contributed by atoms with Gasteiger partial charge in [-0.25, -0.2) is 0 Å². The summed E-state index contributed by atoms with van der Waals surface area (Å²) in [4.78, 5) is 25.5. The van der Waals surface area contributed by atoms with Crippen molar-refractivity contribution >= 4 is 13.7 Å². The summed E-state index contributed by atoms with van der Waals surface area (Å²) >= 11 is 0. The first-order valence-corrected chi connectivity index (χ1v) is 30.2. The number of hydrogen-bond donors (Lipinski definition) is 2. The van der Waals surface area contributed by atoms with Crippen molar-refractivity contribution in [1.82, 2.24) is 5.32 Å². The Balaban J connectivity index is 4.21. The Morgan fingerprint density at radius 2 is 0.833 bits per heavy atom. The molecule has 0 rings (SSSR count). The van der Waals surface area contributed by atoms with Crippen LogP contribution in [0.2, 0.25) is 0 Å². The van der Waals surface area contributed by atoms with Crippen molar-refractivity contribution in [2.75, 3.05) is 40.9 Å². The number of nitrogens with one attached hydrogen (secondary N) is 1. The van der Waals surface area contributed by atoms with Crippen LogP contribution in [0.3, 0.4) is 0 Å². The Morgan fingerprint density at radius 3 is 1.18 bits per heavy atom. The maximum absolute atomic E-state index is 13.0. The van der Waals surface area contributed by atoms with Gasteiger partial charge in [0.2, 0.25) is 5.91 Å². The van der Waals surface area contributed by atoms with E-state index in [0.29, 0.717) is 17.4 Å². The van der Waals surface area contributed by atoms with Crippen molar-refractivity contribution in [2.45, 2.75) is 296 Å². The molecule has 9 heteroatoms. The lowest BCUT2D eigenvalue weighted by molar-refractivity contribution is -0.870. The maximum atomic E-state index is 13.0. The number of nitrogens with zero attached hydrogens (tertiary/aromatic N) is 1. The Bertz CT molecular complexity index is 1130. The Labute approximate surface area is 411 Å². The number of aliphatic hydroxyl groups is 1. The lowest BCUT2D eigenvalue weighted by Crippen LogP contribution is -2.45. The molecule has 0 radical (unpaired) electrons. The first-order chi connectivity index (χ1) is 32.0. The van der Waals surface area contributed by atoms with Crippen LogP contribution in [0.5, 0.6) is 0 Å². The van der Waals surface area contributed by atoms with E-state index in [1.54, 1.807) is 6.08 Å². The molecule has 3 atom stereocenters. The molecule has 0 saturated carbocycles. The molecule has 0 aliphatic rings. The zero-order chi connectivity index (χ0) is 48.5. The molecule has 0 aromatic carbocycles. The molecular weight excluding hydrogens is 840 g/mol. The van der Waals surface area contributed by atoms with E-state index in [4.69, 9.17) is 9.05 Å². The van der Waals surface area contributed by atoms with E-state index < -0.39 is 20.0 Å². The minimum atomic E-state index is -4.59. The third kappa shape index (κ3) is 50.8. The molecule has 0 heterocycles. The lowest BCUT2D eigenvalue weighted by Gasteiger charge is -2.29. The average molecular weight is 954 g/mol. The number of likely N-dealkylation sites (N-methyl/N-ethyl adjacent to an activating group) is 1. The van der Waals surface area contributed by atoms with Crippen LogP contribution < -0.4 is 10.2 Å². The number of phosphoric ester groups is 1. The van der Waals surface area contributed by atoms with E-state index in [9.17, 15) is 19.4 Å². The number of unbranched alkanes of at least 4 members (excludes halogenated alkanes) is 38. The molecule has 0 aromatic rings. The molecule has 1 amide bonds. The first-order valence-electron chi connectivity index (χ1n) is 28.7. The van der Waals surface area contributed by atoms with E-state index in [1.165, 1.54) is 225 Å². The maximum Gasteiger partial charge on any atom is 0.268 e. The Kier molecular flexibility index (Phi) is 48.2. The second-order valence-electron chi connectivity index (χ2n) is 21.0. The average Bonchev–Trinajstić information content (AvgIpc) is 3.28. The van der Waals surface area contributed by atoms with Crippen LogP contribution in [0.25, 0.3) is 0 Å². The molecule has 8 nitrogen and oxygen atoms in total. The topological polar surface area (TPSA) is 108 Å². The second-order valence-corrected chi connectivity index (χ2v) is 22.4. The standard InChI is InChI=1S/C57H113N2O6P/c1-6-8-10-12-14-16-18-20-22-24-26-28-29-31-33-35-37-39-41-43-45-47-49-51-57(61)58-55(54-65-66(62,63)64-53-52-59(3,4)5)56(60)50-48-46-44-42-40-38-36-34-32-30-27-25-23-21-19-17-15-13-11-9-7-2/h24,26,48,50,55-56,60H,6-23,25,27-47,49,51-54H2,1-5H3,(H-,58,61,62,63)/b26-24-,50-48+. The summed E-state index contributed by atoms with van der Waals surface area (Å²) in [6.07, 6.45) is 61.0. The molecule has 0 aliphatic carbocycles. The third-order valence-corrected chi connectivity index (χ3v) is 14.1. The van der Waals surface area contributed by atoms with Gasteiger partial charge in [-0.15, -0.1) is 0 Å². The van der Waals surface area contributed by atoms with Gasteiger partial charge >= 0.3 is 0 Å². The predicted octanol–water partition coefficient (Wildman–Crippen LogP) is 16.6. The fourth-order valence-electron chi connectivity index (χ4n) is 8.62. The van der Waals surface area contributed by atoms with Crippen LogP contribution in [-0.2, 0) is 18.4 Å². The quantitative estimate of drug-likeness (QED) is 0.0272. The van der Waals surface area contributed by atoms with Gasteiger partial charge in [-0.3, -0.25) is 9.36 Å². The summed E-state index contributed by atoms with van der Waals surface area (Å²) in [6.45, 7) is 4.69. The lowest BCUT2D eigenvalue weighted by atomic mass is 10.0. The Morgan fingerprint density at radius 1 is 0.515 bits per heavy atom. The number of allylic oxidation sites excluding steroid dienone is 3. The van der Waals surface area contributed by atoms with E-state index >= 15 is 0 Å². The highest BCUT2D eigenvalue weighted by atomic mass is 31.2. The molecule has 0 spiro atoms. The van der Waals surface area contributed by atoms with Gasteiger partial charge in [0.25, 0.3) is 7.82 Å². The zero-order valence-electron chi connectivity index (χ0n) is 44.7. The summed E-state index contributed by atoms with van der Waals surface area (Å²) in [5.74, 6) is -0.194. The van der Waals surface area contributed by atoms with E-state index in [1.807, 2.05) is 27.2 Å². The highest BCUT2D eigenvalue weighted by Crippen LogP contribution is 2.38. The van der Waals surface area contributed by atoms with E-state index in [-0.39, 0.29) is 19.1 Å². The number of hydrogen-bond acceptors (Lipinski definition) is 6. The molecule has 0 aliphatic heterocycles. The number of phosphoric acid groups is 1. The van der Waals surface area contributed by atoms with Gasteiger partial charge in [-0.1, -0.05) is 256 Å². The summed E-state index contributed by atoms with van der Waals surface area (Å²) in [5.41, 5.74) is 0. The van der Waals surface area contributed by atoms with E-state index in [2.05, 4.69) is 31.3 Å². The van der Waals surface area contributed by atoms with Crippen molar-refractivity contribution < 1.29 is 32.9 Å². The number of carbonyl (C=O) groups is 1. The largest absolute Gasteiger partial charge is 0.756 e. The van der Waals surface area contributed by atoms with Gasteiger partial charge in [0.15, 0.2) is 0 Å². The van der Waals surface area contributed by atoms with Crippen LogP contribution in [0, 0.1) is 0 Å². The van der Waals surface area contributed by atoms with Crippen molar-refractivity contribution in [1.29, 1.82) is 0 Å². The number of amides is 1. The molecule has 2 N–H and O–H groups in total. The number of carbonyl (C=O) groups excluding carboxylic acids is 1. The second kappa shape index (κ2) is 49.0. The Hall–Kier alpha value is -1.02. The molecule has 0 saturated heterocycles. The smallest absolute Gasteiger partial charge is 0.268 e. The van der Waals surface area contributed by atoms with Crippen LogP contribution >= 0.6 is 7.82 Å². The SMILES string of the molecule is CCCCCCCCCC/C=C\CCCCCCCCCCCCCC(=O)NC(COP(=O)([O-])OCC[N+](C)(C)C)C(O)/C=C/CCCCCCCCCCCCCCCCCCCCC. The van der Waals surface area contributed by atoms with Crippen molar-refractivity contribution in [3.8, 4) is 0 Å². The van der Waals surface area contributed by atoms with Gasteiger partial charge in [0, 0.05) is 6.42 Å². The van der Waals surface area contributed by atoms with Crippen LogP contribution in [0.15, 0.2) is 24.3 Å². The van der Waals surface area contributed by atoms with Gasteiger partial charge in [0.05, 0.1) is 39.9 Å². The minimum Gasteiger partial charge on any atom is -0.756 e. The van der Waals surface area contributed by atoms with Gasteiger partial charge in [-0.05, 0) is 44.9 Å². The fourth-order valence-corrected chi connectivity index (χ4v) is 9.34. The van der Waals surface area contributed by atoms with Crippen molar-refractivity contribution in [3.05, 3.63) is 24.3 Å². The highest BCUT2D eigenvalue weighted by molar-refractivity contribution is 7.45. The molecule has 0 fully saturated rings. The van der Waals surface area contributed by atoms with Crippen molar-refractivity contribution in [3.63, 3.8) is 0 Å². The van der Waals surface area contributed by atoms with Gasteiger partial charge in [-0.2, -0.15) is 0 Å². The molecule has 66 heavy (non-hydrogen) atoms. The highest BCUT2D eigenvalue weighted by Gasteiger charge is 2.23. The molecular formula is C57H113N2O6P. The van der Waals surface area contributed by atoms with Crippen LogP contribution in [0.4, 0.5) is 0 Å². The summed E-state index contributed by atoms with van der Waals surface area (Å²) in [6, 6.07) is -0.885. The number of aliphatic hydroxyl groups excluding tert-OH is 1. The zero-order valence-corrected chi connectivity index (χ0v) is 45.6. The minimum absolute atomic E-state index is 0.000737. The first kappa shape index (κ1) is 65.0. The molecule has 3 unspecified atom stereocenters. The number of quaternary nitrogens is 1. The van der Waals surface area contributed by atoms with E-state index in [0.717, 1.165) is 38.5 Å². The predicted molar refractivity (Wildman–Crippen MR) is 284 cm³/mol. The third-order valence-electron chi connectivity index (χ3n) is 13.2. The molecule has 0 aromatic heterocycles. The molecule has 0 bridgehead atoms. The summed E-state index contributed by atoms with van der Waals surface area (Å²) < 4.78 is 23.4. The van der Waals surface area contributed by atoms with Crippen LogP contribution in [0.1, 0.15) is 284 Å². The van der Waals surface area contributed by atoms with Gasteiger partial charge < -0.3 is 28.8 Å². The summed E-state index contributed by atoms with van der Waals surface area (Å²) in [5, 5.41) is 13.9. The summed E-state index contributed by atoms with van der Waals surface area (Å²) in [7, 11) is 1.27. The van der Waals surface area contributed by atoms with Crippen molar-refractivity contribution in [2.24, 2.45) is 0 Å². The number of rotatable bonds is 53. The normalized spacial score (nSPS) is 14.1. The monoisotopic (exact) mass is 953 g/mol.